The van der Waals surface area contributed by atoms with Gasteiger partial charge in [0.2, 0.25) is 11.8 Å². The smallest absolute Gasteiger partial charge is 0.305 e. The Labute approximate surface area is 272 Å². The molecule has 1 aromatic heterocycles. The molecule has 7 atom stereocenters. The highest BCUT2D eigenvalue weighted by Crippen LogP contribution is 2.69. The minimum absolute atomic E-state index is 0.0166. The van der Waals surface area contributed by atoms with Crippen LogP contribution >= 0.6 is 46.3 Å². The fourth-order valence-electron chi connectivity index (χ4n) is 8.48. The summed E-state index contributed by atoms with van der Waals surface area (Å²) in [6, 6.07) is 12.2. The molecule has 44 heavy (non-hydrogen) atoms. The third kappa shape index (κ3) is 4.47. The number of fused-ring (bicyclic) bond motifs is 9. The number of likely N-dealkylation sites (tertiary alicyclic amines) is 1. The van der Waals surface area contributed by atoms with E-state index in [2.05, 4.69) is 4.98 Å². The third-order valence-electron chi connectivity index (χ3n) is 10.2. The number of ether oxygens (including phenoxy) is 1. The van der Waals surface area contributed by atoms with Crippen LogP contribution in [0.4, 0.5) is 5.69 Å². The van der Waals surface area contributed by atoms with E-state index in [1.54, 1.807) is 48.2 Å². The Hall–Kier alpha value is -2.79. The van der Waals surface area contributed by atoms with E-state index in [1.165, 1.54) is 16.2 Å². The summed E-state index contributed by atoms with van der Waals surface area (Å²) in [5.74, 6) is -1.03. The van der Waals surface area contributed by atoms with Gasteiger partial charge in [-0.05, 0) is 85.9 Å². The van der Waals surface area contributed by atoms with Crippen molar-refractivity contribution in [2.24, 2.45) is 29.6 Å². The zero-order valence-electron chi connectivity index (χ0n) is 23.5. The summed E-state index contributed by atoms with van der Waals surface area (Å²) in [5, 5.41) is 1.89. The number of H-pyrrole nitrogens is 1. The normalized spacial score (nSPS) is 30.4. The molecule has 5 aliphatic rings. The van der Waals surface area contributed by atoms with Gasteiger partial charge in [0.15, 0.2) is 6.61 Å². The summed E-state index contributed by atoms with van der Waals surface area (Å²) < 4.78 is 6.24. The van der Waals surface area contributed by atoms with Gasteiger partial charge in [0.25, 0.3) is 5.91 Å². The van der Waals surface area contributed by atoms with Crippen molar-refractivity contribution in [1.29, 1.82) is 0 Å². The number of hydrogen-bond acceptors (Lipinski definition) is 7. The summed E-state index contributed by atoms with van der Waals surface area (Å²) in [5.41, 5.74) is 1.35. The van der Waals surface area contributed by atoms with Crippen LogP contribution in [-0.4, -0.2) is 52.6 Å². The fraction of sp³-hybridized carbons (Fsp3) is 0.438. The maximum atomic E-state index is 14.0. The number of hydrogen-bond donors (Lipinski definition) is 1. The van der Waals surface area contributed by atoms with Gasteiger partial charge in [-0.3, -0.25) is 24.1 Å². The van der Waals surface area contributed by atoms with Crippen molar-refractivity contribution in [2.45, 2.75) is 41.9 Å². The van der Waals surface area contributed by atoms with Gasteiger partial charge in [-0.1, -0.05) is 34.5 Å². The lowest BCUT2D eigenvalue weighted by atomic mass is 9.68. The lowest BCUT2D eigenvalue weighted by molar-refractivity contribution is -0.134. The van der Waals surface area contributed by atoms with Crippen molar-refractivity contribution in [1.82, 2.24) is 9.88 Å². The van der Waals surface area contributed by atoms with Gasteiger partial charge in [-0.15, -0.1) is 11.8 Å². The Morgan fingerprint density at radius 2 is 1.64 bits per heavy atom. The van der Waals surface area contributed by atoms with Crippen molar-refractivity contribution >= 4 is 69.7 Å². The maximum Gasteiger partial charge on any atom is 0.305 e. The van der Waals surface area contributed by atoms with E-state index in [1.807, 2.05) is 11.0 Å². The van der Waals surface area contributed by atoms with Crippen LogP contribution < -0.4 is 14.5 Å². The highest BCUT2D eigenvalue weighted by Gasteiger charge is 2.69. The molecule has 3 amide bonds. The maximum absolute atomic E-state index is 14.0. The second kappa shape index (κ2) is 10.9. The first-order chi connectivity index (χ1) is 21.3. The minimum Gasteiger partial charge on any atom is -0.483 e. The Morgan fingerprint density at radius 3 is 2.39 bits per heavy atom. The third-order valence-corrected chi connectivity index (χ3v) is 13.3. The van der Waals surface area contributed by atoms with Gasteiger partial charge in [0.05, 0.1) is 22.5 Å². The number of halogens is 2. The van der Waals surface area contributed by atoms with Crippen LogP contribution in [-0.2, 0) is 14.4 Å². The van der Waals surface area contributed by atoms with Gasteiger partial charge < -0.3 is 14.6 Å². The summed E-state index contributed by atoms with van der Waals surface area (Å²) in [6.45, 7) is 1.40. The Morgan fingerprint density at radius 1 is 0.932 bits per heavy atom. The molecular weight excluding hydrogens is 641 g/mol. The first kappa shape index (κ1) is 28.7. The molecule has 8 rings (SSSR count). The average Bonchev–Trinajstić information content (AvgIpc) is 3.76. The molecule has 0 unspecified atom stereocenters. The van der Waals surface area contributed by atoms with E-state index in [4.69, 9.17) is 27.9 Å². The fourth-order valence-corrected chi connectivity index (χ4v) is 11.7. The number of piperidine rings is 1. The van der Waals surface area contributed by atoms with Crippen LogP contribution in [0.25, 0.3) is 0 Å². The number of aromatic nitrogens is 1. The number of thiazole rings is 1. The molecule has 0 radical (unpaired) electrons. The van der Waals surface area contributed by atoms with Gasteiger partial charge >= 0.3 is 4.87 Å². The molecule has 1 N–H and O–H groups in total. The van der Waals surface area contributed by atoms with Crippen molar-refractivity contribution in [3.8, 4) is 5.75 Å². The second-order valence-electron chi connectivity index (χ2n) is 12.4. The largest absolute Gasteiger partial charge is 0.483 e. The molecule has 3 aromatic rings. The van der Waals surface area contributed by atoms with Crippen LogP contribution in [0.5, 0.6) is 5.75 Å². The van der Waals surface area contributed by atoms with E-state index < -0.39 is 11.8 Å². The quantitative estimate of drug-likeness (QED) is 0.344. The van der Waals surface area contributed by atoms with Crippen LogP contribution in [0, 0.1) is 29.6 Å². The predicted octanol–water partition coefficient (Wildman–Crippen LogP) is 5.81. The molecule has 2 saturated carbocycles. The number of anilines is 1. The molecule has 228 valence electrons. The topological polar surface area (TPSA) is 99.8 Å². The lowest BCUT2D eigenvalue weighted by Crippen LogP contribution is -2.43. The Balaban J connectivity index is 1.16. The monoisotopic (exact) mass is 669 g/mol. The predicted molar refractivity (Wildman–Crippen MR) is 170 cm³/mol. The van der Waals surface area contributed by atoms with Crippen molar-refractivity contribution in [3.05, 3.63) is 72.6 Å². The Kier molecular flexibility index (Phi) is 7.12. The number of nitrogens with zero attached hydrogens (tertiary/aromatic N) is 2. The highest BCUT2D eigenvalue weighted by atomic mass is 35.5. The number of carbonyl (C=O) groups is 3. The van der Waals surface area contributed by atoms with E-state index in [0.717, 1.165) is 54.2 Å². The zero-order chi connectivity index (χ0) is 30.3. The summed E-state index contributed by atoms with van der Waals surface area (Å²) >= 11 is 15.5. The Bertz CT molecular complexity index is 1740. The molecule has 8 nitrogen and oxygen atoms in total. The molecular formula is C32H29Cl2N3O5S2. The average molecular weight is 671 g/mol. The first-order valence-corrected chi connectivity index (χ1v) is 17.5. The van der Waals surface area contributed by atoms with Crippen molar-refractivity contribution in [2.75, 3.05) is 24.6 Å². The number of benzene rings is 2. The molecule has 2 aromatic carbocycles. The molecule has 2 bridgehead atoms. The number of aromatic amines is 1. The van der Waals surface area contributed by atoms with Gasteiger partial charge in [-0.2, -0.15) is 0 Å². The summed E-state index contributed by atoms with van der Waals surface area (Å²) in [4.78, 5) is 60.6. The minimum atomic E-state index is -0.436. The first-order valence-electron chi connectivity index (χ1n) is 15.0. The van der Waals surface area contributed by atoms with Crippen molar-refractivity contribution < 1.29 is 19.1 Å². The number of rotatable bonds is 5. The van der Waals surface area contributed by atoms with Crippen LogP contribution in [0.1, 0.15) is 42.0 Å². The van der Waals surface area contributed by atoms with E-state index in [0.29, 0.717) is 21.5 Å². The van der Waals surface area contributed by atoms with Crippen LogP contribution in [0.15, 0.2) is 52.3 Å². The van der Waals surface area contributed by atoms with Crippen LogP contribution in [0.2, 0.25) is 10.0 Å². The zero-order valence-corrected chi connectivity index (χ0v) is 26.7. The molecule has 2 saturated heterocycles. The van der Waals surface area contributed by atoms with Gasteiger partial charge in [0.1, 0.15) is 5.75 Å². The van der Waals surface area contributed by atoms with Gasteiger partial charge in [-0.25, -0.2) is 0 Å². The molecule has 12 heteroatoms. The highest BCUT2D eigenvalue weighted by molar-refractivity contribution is 8.00. The number of amides is 3. The number of imide groups is 1. The van der Waals surface area contributed by atoms with E-state index in [-0.39, 0.29) is 58.1 Å². The molecule has 0 spiro atoms. The molecule has 4 fully saturated rings. The van der Waals surface area contributed by atoms with Crippen molar-refractivity contribution in [3.63, 3.8) is 0 Å². The molecule has 2 aliphatic carbocycles. The second-order valence-corrected chi connectivity index (χ2v) is 15.4. The summed E-state index contributed by atoms with van der Waals surface area (Å²) in [7, 11) is 0. The van der Waals surface area contributed by atoms with Crippen LogP contribution in [0.3, 0.4) is 0 Å². The number of carbonyl (C=O) groups excluding carboxylic acids is 3. The number of thioether (sulfide) groups is 1. The standard InChI is InChI=1S/C32H29Cl2N3O5S2/c33-15-4-7-17(8-5-15)37-30(39)25-19-13-20(26(25)31(37)40)27-24(19)23(28-29(43-27)35-32(41)44-28)18-12-16(34)6-9-21(18)42-14-22(38)36-10-2-1-3-11-36/h4-9,12,19-20,23-27H,1-3,10-11,13-14H2,(H,35,41)/t19-,20-,23+,24-,25+,26+,27-/m1/s1. The molecule has 4 heterocycles. The summed E-state index contributed by atoms with van der Waals surface area (Å²) in [6.07, 6.45) is 3.89. The number of nitrogens with one attached hydrogen (secondary N) is 1. The van der Waals surface area contributed by atoms with E-state index >= 15 is 0 Å². The molecule has 3 aliphatic heterocycles. The van der Waals surface area contributed by atoms with E-state index in [9.17, 15) is 19.2 Å². The van der Waals surface area contributed by atoms with Gasteiger partial charge in [0, 0.05) is 44.7 Å². The SMILES string of the molecule is O=C(COc1ccc(Cl)cc1[C@@H]1c2sc(=O)[nH]c2S[C@@H]2[C@@H]3C[C@@H]([C@@H]4C(=O)N(c5ccc(Cl)cc5)C(=O)[C@@H]34)[C@H]12)N1CCCCC1. The lowest BCUT2D eigenvalue weighted by Gasteiger charge is -2.43.